The van der Waals surface area contributed by atoms with Crippen LogP contribution in [0, 0.1) is 5.41 Å². The highest BCUT2D eigenvalue weighted by Crippen LogP contribution is 2.21. The predicted octanol–water partition coefficient (Wildman–Crippen LogP) is 1.90. The number of carboxylic acids is 1. The zero-order valence-electron chi connectivity index (χ0n) is 11.1. The fourth-order valence-electron chi connectivity index (χ4n) is 1.37. The van der Waals surface area contributed by atoms with E-state index in [1.54, 1.807) is 17.1 Å². The minimum atomic E-state index is -1.07. The molecular formula is C12H19N3O3. The maximum atomic E-state index is 11.7. The van der Waals surface area contributed by atoms with E-state index in [-0.39, 0.29) is 18.4 Å². The lowest BCUT2D eigenvalue weighted by atomic mass is 9.89. The van der Waals surface area contributed by atoms with Crippen molar-refractivity contribution >= 4 is 17.6 Å². The Balaban J connectivity index is 2.62. The van der Waals surface area contributed by atoms with Crippen LogP contribution in [0.15, 0.2) is 12.4 Å². The van der Waals surface area contributed by atoms with Crippen LogP contribution in [0.5, 0.6) is 0 Å². The zero-order chi connectivity index (χ0) is 13.9. The topological polar surface area (TPSA) is 84.2 Å². The lowest BCUT2D eigenvalue weighted by molar-refractivity contribution is -0.148. The van der Waals surface area contributed by atoms with Crippen LogP contribution in [0.2, 0.25) is 0 Å². The fourth-order valence-corrected chi connectivity index (χ4v) is 1.37. The Morgan fingerprint density at radius 1 is 1.50 bits per heavy atom. The molecule has 0 atom stereocenters. The molecule has 0 aliphatic carbocycles. The second-order valence-corrected chi connectivity index (χ2v) is 5.22. The number of aromatic nitrogens is 2. The van der Waals surface area contributed by atoms with Crippen LogP contribution in [0.25, 0.3) is 0 Å². The highest BCUT2D eigenvalue weighted by molar-refractivity contribution is 5.93. The molecular weight excluding hydrogens is 234 g/mol. The average Bonchev–Trinajstić information content (AvgIpc) is 2.64. The number of aliphatic carboxylic acids is 1. The second-order valence-electron chi connectivity index (χ2n) is 5.22. The summed E-state index contributed by atoms with van der Waals surface area (Å²) in [5.74, 6) is -1.32. The second kappa shape index (κ2) is 5.20. The molecule has 0 aliphatic rings. The smallest absolute Gasteiger partial charge is 0.309 e. The van der Waals surface area contributed by atoms with Crippen molar-refractivity contribution < 1.29 is 14.7 Å². The molecule has 0 unspecified atom stereocenters. The van der Waals surface area contributed by atoms with Crippen molar-refractivity contribution in [3.05, 3.63) is 12.4 Å². The van der Waals surface area contributed by atoms with Gasteiger partial charge in [0.2, 0.25) is 5.91 Å². The van der Waals surface area contributed by atoms with E-state index in [0.29, 0.717) is 5.69 Å². The number of hydrogen-bond donors (Lipinski definition) is 2. The summed E-state index contributed by atoms with van der Waals surface area (Å²) < 4.78 is 1.72. The van der Waals surface area contributed by atoms with Gasteiger partial charge in [0, 0.05) is 18.7 Å². The van der Waals surface area contributed by atoms with Crippen LogP contribution in [0.4, 0.5) is 5.69 Å². The van der Waals surface area contributed by atoms with E-state index in [0.717, 1.165) is 0 Å². The maximum Gasteiger partial charge on any atom is 0.309 e. The molecule has 100 valence electrons. The summed E-state index contributed by atoms with van der Waals surface area (Å²) in [5.41, 5.74) is -0.493. The van der Waals surface area contributed by atoms with Gasteiger partial charge < -0.3 is 10.4 Å². The first kappa shape index (κ1) is 14.2. The van der Waals surface area contributed by atoms with Crippen molar-refractivity contribution in [3.63, 3.8) is 0 Å². The third-order valence-corrected chi connectivity index (χ3v) is 2.60. The lowest BCUT2D eigenvalue weighted by Crippen LogP contribution is -2.29. The van der Waals surface area contributed by atoms with Crippen LogP contribution >= 0.6 is 0 Å². The van der Waals surface area contributed by atoms with Crippen molar-refractivity contribution in [1.29, 1.82) is 0 Å². The first-order valence-electron chi connectivity index (χ1n) is 5.80. The molecule has 0 fully saturated rings. The van der Waals surface area contributed by atoms with Gasteiger partial charge in [0.05, 0.1) is 17.3 Å². The molecule has 6 nitrogen and oxygen atoms in total. The van der Waals surface area contributed by atoms with Gasteiger partial charge in [0.1, 0.15) is 0 Å². The number of anilines is 1. The largest absolute Gasteiger partial charge is 0.481 e. The van der Waals surface area contributed by atoms with Gasteiger partial charge in [-0.2, -0.15) is 5.10 Å². The van der Waals surface area contributed by atoms with Gasteiger partial charge in [-0.15, -0.1) is 0 Å². The van der Waals surface area contributed by atoms with E-state index >= 15 is 0 Å². The number of nitrogens with one attached hydrogen (secondary N) is 1. The third kappa shape index (κ3) is 3.58. The Hall–Kier alpha value is -1.85. The zero-order valence-corrected chi connectivity index (χ0v) is 11.1. The van der Waals surface area contributed by atoms with Gasteiger partial charge >= 0.3 is 5.97 Å². The average molecular weight is 253 g/mol. The number of carboxylic acid groups (broad SMARTS) is 1. The Labute approximate surface area is 106 Å². The Morgan fingerprint density at radius 2 is 2.11 bits per heavy atom. The summed E-state index contributed by atoms with van der Waals surface area (Å²) in [6.45, 7) is 7.00. The Morgan fingerprint density at radius 3 is 2.56 bits per heavy atom. The molecule has 0 bridgehead atoms. The van der Waals surface area contributed by atoms with Crippen LogP contribution in [-0.2, 0) is 9.59 Å². The molecule has 18 heavy (non-hydrogen) atoms. The minimum Gasteiger partial charge on any atom is -0.481 e. The SMILES string of the molecule is CC(C)n1cc(NC(=O)CC(C)(C)C(=O)O)cn1. The standard InChI is InChI=1S/C12H19N3O3/c1-8(2)15-7-9(6-13-15)14-10(16)5-12(3,4)11(17)18/h6-8H,5H2,1-4H3,(H,14,16)(H,17,18). The normalized spacial score (nSPS) is 11.6. The summed E-state index contributed by atoms with van der Waals surface area (Å²) in [4.78, 5) is 22.6. The van der Waals surface area contributed by atoms with E-state index in [1.807, 2.05) is 13.8 Å². The van der Waals surface area contributed by atoms with Crippen LogP contribution in [-0.4, -0.2) is 26.8 Å². The van der Waals surface area contributed by atoms with Gasteiger partial charge in [0.25, 0.3) is 0 Å². The van der Waals surface area contributed by atoms with Gasteiger partial charge in [-0.1, -0.05) is 0 Å². The molecule has 0 spiro atoms. The fraction of sp³-hybridized carbons (Fsp3) is 0.583. The van der Waals surface area contributed by atoms with Gasteiger partial charge in [0.15, 0.2) is 0 Å². The first-order valence-corrected chi connectivity index (χ1v) is 5.80. The monoisotopic (exact) mass is 253 g/mol. The molecule has 0 saturated carbocycles. The van der Waals surface area contributed by atoms with E-state index < -0.39 is 11.4 Å². The number of carbonyl (C=O) groups is 2. The van der Waals surface area contributed by atoms with Gasteiger partial charge in [-0.25, -0.2) is 0 Å². The van der Waals surface area contributed by atoms with Crippen molar-refractivity contribution in [2.45, 2.75) is 40.2 Å². The summed E-state index contributed by atoms with van der Waals surface area (Å²) in [6, 6.07) is 0.214. The first-order chi connectivity index (χ1) is 8.22. The van der Waals surface area contributed by atoms with Crippen molar-refractivity contribution in [3.8, 4) is 0 Å². The van der Waals surface area contributed by atoms with Crippen LogP contribution in [0.3, 0.4) is 0 Å². The number of nitrogens with zero attached hydrogens (tertiary/aromatic N) is 2. The van der Waals surface area contributed by atoms with Crippen molar-refractivity contribution in [2.24, 2.45) is 5.41 Å². The molecule has 1 aromatic rings. The quantitative estimate of drug-likeness (QED) is 0.839. The van der Waals surface area contributed by atoms with E-state index in [1.165, 1.54) is 13.8 Å². The lowest BCUT2D eigenvalue weighted by Gasteiger charge is -2.17. The summed E-state index contributed by atoms with van der Waals surface area (Å²) in [5, 5.41) is 15.7. The summed E-state index contributed by atoms with van der Waals surface area (Å²) >= 11 is 0. The van der Waals surface area contributed by atoms with Crippen LogP contribution < -0.4 is 5.32 Å². The van der Waals surface area contributed by atoms with E-state index in [9.17, 15) is 9.59 Å². The molecule has 0 aromatic carbocycles. The number of rotatable bonds is 5. The van der Waals surface area contributed by atoms with Crippen molar-refractivity contribution in [1.82, 2.24) is 9.78 Å². The Bertz CT molecular complexity index is 449. The molecule has 1 amide bonds. The van der Waals surface area contributed by atoms with E-state index in [2.05, 4.69) is 10.4 Å². The highest BCUT2D eigenvalue weighted by Gasteiger charge is 2.30. The third-order valence-electron chi connectivity index (χ3n) is 2.60. The molecule has 1 rings (SSSR count). The molecule has 2 N–H and O–H groups in total. The molecule has 1 aromatic heterocycles. The Kier molecular flexibility index (Phi) is 4.11. The number of carbonyl (C=O) groups excluding carboxylic acids is 1. The molecule has 0 aliphatic heterocycles. The van der Waals surface area contributed by atoms with Gasteiger partial charge in [-0.05, 0) is 27.7 Å². The summed E-state index contributed by atoms with van der Waals surface area (Å²) in [7, 11) is 0. The number of hydrogen-bond acceptors (Lipinski definition) is 3. The van der Waals surface area contributed by atoms with E-state index in [4.69, 9.17) is 5.11 Å². The van der Waals surface area contributed by atoms with Gasteiger partial charge in [-0.3, -0.25) is 14.3 Å². The highest BCUT2D eigenvalue weighted by atomic mass is 16.4. The van der Waals surface area contributed by atoms with Crippen LogP contribution in [0.1, 0.15) is 40.2 Å². The molecule has 1 heterocycles. The maximum absolute atomic E-state index is 11.7. The summed E-state index contributed by atoms with van der Waals surface area (Å²) in [6.07, 6.45) is 3.19. The molecule has 0 radical (unpaired) electrons. The molecule has 6 heteroatoms. The number of amides is 1. The van der Waals surface area contributed by atoms with Crippen molar-refractivity contribution in [2.75, 3.05) is 5.32 Å². The molecule has 0 saturated heterocycles. The minimum absolute atomic E-state index is 0.0742. The predicted molar refractivity (Wildman–Crippen MR) is 67.3 cm³/mol.